The van der Waals surface area contributed by atoms with E-state index in [-0.39, 0.29) is 0 Å². The average Bonchev–Trinajstić information content (AvgIpc) is 2.63. The largest absolute Gasteiger partial charge is 0.726 e. The van der Waals surface area contributed by atoms with E-state index in [4.69, 9.17) is 45.8 Å². The van der Waals surface area contributed by atoms with E-state index < -0.39 is 66.8 Å². The van der Waals surface area contributed by atoms with Gasteiger partial charge in [-0.25, -0.2) is 16.8 Å². The summed E-state index contributed by atoms with van der Waals surface area (Å²) in [5.41, 5.74) is -5.18. The Bertz CT molecular complexity index is 1210. The second kappa shape index (κ2) is 11.1. The molecule has 20 heteroatoms. The maximum absolute atomic E-state index is 13.2. The summed E-state index contributed by atoms with van der Waals surface area (Å²) in [4.78, 5) is 5.22. The van der Waals surface area contributed by atoms with E-state index in [2.05, 4.69) is 9.95 Å². The van der Waals surface area contributed by atoms with Crippen LogP contribution in [0.15, 0.2) is 36.4 Å². The molecule has 0 atom stereocenters. The molecule has 34 heavy (non-hydrogen) atoms. The van der Waals surface area contributed by atoms with Gasteiger partial charge in [0.1, 0.15) is 0 Å². The van der Waals surface area contributed by atoms with E-state index in [1.807, 2.05) is 0 Å². The van der Waals surface area contributed by atoms with Gasteiger partial charge < -0.3 is 9.11 Å². The van der Waals surface area contributed by atoms with Crippen molar-refractivity contribution in [1.82, 2.24) is 0 Å². The predicted molar refractivity (Wildman–Crippen MR) is 96.0 cm³/mol. The summed E-state index contributed by atoms with van der Waals surface area (Å²) in [7, 11) is -9.83. The zero-order valence-corrected chi connectivity index (χ0v) is 17.3. The molecule has 0 heterocycles. The van der Waals surface area contributed by atoms with Gasteiger partial charge in [0.2, 0.25) is 31.6 Å². The summed E-state index contributed by atoms with van der Waals surface area (Å²) in [6, 6.07) is 4.29. The lowest BCUT2D eigenvalue weighted by atomic mass is 9.94. The molecule has 2 rings (SSSR count). The minimum Gasteiger partial charge on any atom is -0.726 e. The predicted octanol–water partition coefficient (Wildman–Crippen LogP) is 4.37. The van der Waals surface area contributed by atoms with Gasteiger partial charge >= 0.3 is 23.7 Å². The van der Waals surface area contributed by atoms with E-state index in [1.165, 1.54) is 0 Å². The molecule has 0 amide bonds. The smallest absolute Gasteiger partial charge is 0.417 e. The minimum absolute atomic E-state index is 0.430. The average molecular weight is 538 g/mol. The highest BCUT2D eigenvalue weighted by Gasteiger charge is 2.40. The van der Waals surface area contributed by atoms with Crippen molar-refractivity contribution in [3.8, 4) is 11.1 Å². The molecule has 0 aliphatic carbocycles. The van der Waals surface area contributed by atoms with Gasteiger partial charge in [0, 0.05) is 24.3 Å². The van der Waals surface area contributed by atoms with E-state index in [0.29, 0.717) is 12.1 Å². The Labute approximate surface area is 185 Å². The summed E-state index contributed by atoms with van der Waals surface area (Å²) in [5, 5.41) is 17.2. The van der Waals surface area contributed by atoms with Gasteiger partial charge in [0.25, 0.3) is 0 Å². The van der Waals surface area contributed by atoms with Crippen molar-refractivity contribution in [1.29, 1.82) is 10.8 Å². The van der Waals surface area contributed by atoms with Crippen molar-refractivity contribution in [3.05, 3.63) is 57.5 Å². The molecule has 0 fully saturated rings. The normalized spacial score (nSPS) is 11.6. The number of hydrogen-bond acceptors (Lipinski definition) is 8. The van der Waals surface area contributed by atoms with Gasteiger partial charge in [-0.3, -0.25) is 9.11 Å². The van der Waals surface area contributed by atoms with Crippen LogP contribution < -0.4 is 0 Å². The number of diazo groups is 2. The van der Waals surface area contributed by atoms with E-state index in [9.17, 15) is 26.3 Å². The Kier molecular flexibility index (Phi) is 10.0. The molecule has 12 nitrogen and oxygen atoms in total. The van der Waals surface area contributed by atoms with Crippen LogP contribution in [0.4, 0.5) is 37.7 Å². The first-order valence-corrected chi connectivity index (χ1v) is 10.3. The zero-order chi connectivity index (χ0) is 27.1. The highest BCUT2D eigenvalue weighted by atomic mass is 32.3. The summed E-state index contributed by atoms with van der Waals surface area (Å²) in [6.07, 6.45) is -9.95. The number of halogens is 6. The number of rotatable bonds is 1. The Balaban J connectivity index is 0.000000916. The molecule has 186 valence electrons. The minimum atomic E-state index is -4.97. The van der Waals surface area contributed by atoms with Gasteiger partial charge in [-0.15, -0.1) is 0 Å². The van der Waals surface area contributed by atoms with Crippen LogP contribution in [0, 0.1) is 10.8 Å². The third kappa shape index (κ3) is 12.0. The molecule has 2 aromatic rings. The summed E-state index contributed by atoms with van der Waals surface area (Å²) < 4.78 is 145. The molecule has 0 unspecified atom stereocenters. The van der Waals surface area contributed by atoms with Crippen LogP contribution in [0.3, 0.4) is 0 Å². The van der Waals surface area contributed by atoms with Gasteiger partial charge in [0.05, 0.1) is 11.1 Å². The summed E-state index contributed by atoms with van der Waals surface area (Å²) in [5.74, 6) is 0. The van der Waals surface area contributed by atoms with Gasteiger partial charge in [-0.1, -0.05) is 0 Å². The molecule has 0 saturated heterocycles. The first-order chi connectivity index (χ1) is 15.1. The maximum atomic E-state index is 13.2. The number of nitrogens with zero attached hydrogens (tertiary/aromatic N) is 4. The first kappa shape index (κ1) is 30.6. The lowest BCUT2D eigenvalue weighted by Crippen LogP contribution is -2.11. The van der Waals surface area contributed by atoms with E-state index in [0.717, 1.165) is 24.3 Å². The third-order valence-corrected chi connectivity index (χ3v) is 3.14. The van der Waals surface area contributed by atoms with Crippen LogP contribution in [0.1, 0.15) is 11.1 Å². The summed E-state index contributed by atoms with van der Waals surface area (Å²) in [6.45, 7) is 0. The molecule has 2 N–H and O–H groups in total. The van der Waals surface area contributed by atoms with Crippen molar-refractivity contribution in [2.24, 2.45) is 0 Å². The molecule has 0 spiro atoms. The van der Waals surface area contributed by atoms with Crippen LogP contribution in [0.25, 0.3) is 21.1 Å². The molecule has 0 bridgehead atoms. The molecule has 0 saturated carbocycles. The number of alkyl halides is 6. The Morgan fingerprint density at radius 3 is 1.09 bits per heavy atom. The fourth-order valence-electron chi connectivity index (χ4n) is 2.13. The monoisotopic (exact) mass is 538 g/mol. The molecule has 0 aliphatic heterocycles. The van der Waals surface area contributed by atoms with Crippen LogP contribution in [-0.4, -0.2) is 35.0 Å². The molecular formula is C14H8F6N4O8S2. The van der Waals surface area contributed by atoms with Crippen molar-refractivity contribution in [2.75, 3.05) is 0 Å². The fourth-order valence-corrected chi connectivity index (χ4v) is 2.13. The molecular weight excluding hydrogens is 530 g/mol. The zero-order valence-electron chi connectivity index (χ0n) is 15.7. The van der Waals surface area contributed by atoms with Crippen molar-refractivity contribution < 1.29 is 61.4 Å². The van der Waals surface area contributed by atoms with Crippen molar-refractivity contribution in [3.63, 3.8) is 0 Å². The van der Waals surface area contributed by atoms with Crippen LogP contribution >= 0.6 is 0 Å². The lowest BCUT2D eigenvalue weighted by Gasteiger charge is -2.16. The van der Waals surface area contributed by atoms with Gasteiger partial charge in [-0.05, 0) is 23.3 Å². The third-order valence-electron chi connectivity index (χ3n) is 3.14. The Hall–Kier alpha value is -3.40. The van der Waals surface area contributed by atoms with Crippen LogP contribution in [-0.2, 0) is 33.2 Å². The Morgan fingerprint density at radius 2 is 0.912 bits per heavy atom. The lowest BCUT2D eigenvalue weighted by molar-refractivity contribution is -0.139. The van der Waals surface area contributed by atoms with Crippen molar-refractivity contribution in [2.45, 2.75) is 12.4 Å². The van der Waals surface area contributed by atoms with Crippen LogP contribution in [0.5, 0.6) is 0 Å². The standard InChI is InChI=1S/C14H6F6N4.2H2O4S/c15-13(16,17)11-5-7(23-21)1-3-9(11)10-4-2-8(24-22)6-12(10)14(18,19)20;2*1-5(2,3)4/h1-6H;2*(H2,1,2,3,4)/q+2;;/p-2. The van der Waals surface area contributed by atoms with Gasteiger partial charge in [-0.2, -0.15) is 26.3 Å². The second-order valence-electron chi connectivity index (χ2n) is 5.51. The topological polar surface area (TPSA) is 211 Å². The Morgan fingerprint density at radius 1 is 0.676 bits per heavy atom. The fraction of sp³-hybridized carbons (Fsp3) is 0.143. The SMILES string of the molecule is N#[N+]c1ccc(-c2ccc([N+]#N)cc2C(F)(F)F)c(C(F)(F)F)c1.O=S(=O)([O-])O.O=S(=O)([O-])O. The van der Waals surface area contributed by atoms with Crippen LogP contribution in [0.2, 0.25) is 0 Å². The highest BCUT2D eigenvalue weighted by Crippen LogP contribution is 2.44. The molecule has 0 aromatic heterocycles. The molecule has 0 aliphatic rings. The maximum Gasteiger partial charge on any atom is 0.417 e. The van der Waals surface area contributed by atoms with E-state index in [1.54, 1.807) is 0 Å². The number of benzene rings is 2. The number of hydrogen-bond donors (Lipinski definition) is 2. The molecule has 2 aromatic carbocycles. The quantitative estimate of drug-likeness (QED) is 0.226. The summed E-state index contributed by atoms with van der Waals surface area (Å²) >= 11 is 0. The van der Waals surface area contributed by atoms with E-state index >= 15 is 0 Å². The molecule has 0 radical (unpaired) electrons. The second-order valence-corrected chi connectivity index (χ2v) is 7.22. The van der Waals surface area contributed by atoms with Crippen molar-refractivity contribution >= 4 is 32.2 Å². The highest BCUT2D eigenvalue weighted by molar-refractivity contribution is 7.80. The first-order valence-electron chi connectivity index (χ1n) is 7.57. The van der Waals surface area contributed by atoms with Gasteiger partial charge in [0.15, 0.2) is 9.95 Å².